The van der Waals surface area contributed by atoms with E-state index in [1.807, 2.05) is 26.0 Å². The number of nitrogens with zero attached hydrogens (tertiary/aromatic N) is 4. The van der Waals surface area contributed by atoms with Gasteiger partial charge >= 0.3 is 0 Å². The van der Waals surface area contributed by atoms with Crippen molar-refractivity contribution < 1.29 is 0 Å². The summed E-state index contributed by atoms with van der Waals surface area (Å²) >= 11 is 3.43. The molecule has 0 aliphatic heterocycles. The first-order chi connectivity index (χ1) is 13.4. The maximum absolute atomic E-state index is 9.12. The van der Waals surface area contributed by atoms with Crippen LogP contribution in [0.25, 0.3) is 4.85 Å². The van der Waals surface area contributed by atoms with Crippen molar-refractivity contribution in [2.75, 3.05) is 16.4 Å². The molecular weight excluding hydrogens is 418 g/mol. The molecule has 0 fully saturated rings. The van der Waals surface area contributed by atoms with Crippen molar-refractivity contribution in [2.45, 2.75) is 13.8 Å². The van der Waals surface area contributed by atoms with Gasteiger partial charge in [-0.25, -0.2) is 4.85 Å². The van der Waals surface area contributed by atoms with Gasteiger partial charge in [-0.2, -0.15) is 15.2 Å². The van der Waals surface area contributed by atoms with E-state index in [0.29, 0.717) is 27.5 Å². The highest BCUT2D eigenvalue weighted by molar-refractivity contribution is 9.10. The van der Waals surface area contributed by atoms with Crippen molar-refractivity contribution in [1.29, 1.82) is 5.26 Å². The van der Waals surface area contributed by atoms with E-state index >= 15 is 0 Å². The van der Waals surface area contributed by atoms with Gasteiger partial charge in [0.15, 0.2) is 11.5 Å². The summed E-state index contributed by atoms with van der Waals surface area (Å²) in [4.78, 5) is 12.1. The highest BCUT2D eigenvalue weighted by atomic mass is 79.9. The average molecular weight is 434 g/mol. The Bertz CT molecular complexity index is 1100. The number of nitrogens with one attached hydrogen (secondary N) is 2. The number of halogens is 1. The van der Waals surface area contributed by atoms with Gasteiger partial charge in [-0.1, -0.05) is 12.1 Å². The Labute approximate surface area is 171 Å². The molecular formula is C20H16BrN7. The third kappa shape index (κ3) is 4.03. The quantitative estimate of drug-likeness (QED) is 0.479. The number of rotatable bonds is 4. The van der Waals surface area contributed by atoms with E-state index in [9.17, 15) is 0 Å². The van der Waals surface area contributed by atoms with Crippen molar-refractivity contribution in [3.8, 4) is 6.07 Å². The molecule has 0 radical (unpaired) electrons. The normalized spacial score (nSPS) is 10.0. The average Bonchev–Trinajstić information content (AvgIpc) is 2.68. The predicted molar refractivity (Wildman–Crippen MR) is 114 cm³/mol. The molecule has 0 aliphatic rings. The van der Waals surface area contributed by atoms with Gasteiger partial charge in [0.2, 0.25) is 5.95 Å². The molecule has 0 aliphatic carbocycles. The Hall–Kier alpha value is -3.62. The zero-order valence-corrected chi connectivity index (χ0v) is 16.8. The van der Waals surface area contributed by atoms with E-state index < -0.39 is 0 Å². The molecule has 7 nitrogen and oxygen atoms in total. The standard InChI is InChI=1S/C20H16BrN7/c1-11-8-13(10-22)9-12(2)17(11)26-19-16(21)18(23)27-20(28-19)25-15-6-4-14(24-3)5-7-15/h4-9H,1-2H3,(H4,23,25,26,27,28). The lowest BCUT2D eigenvalue weighted by Crippen LogP contribution is -2.06. The largest absolute Gasteiger partial charge is 0.383 e. The third-order valence-electron chi connectivity index (χ3n) is 4.03. The topological polar surface area (TPSA) is 104 Å². The van der Waals surface area contributed by atoms with E-state index in [-0.39, 0.29) is 5.82 Å². The molecule has 0 saturated heterocycles. The highest BCUT2D eigenvalue weighted by Gasteiger charge is 2.13. The Morgan fingerprint density at radius 1 is 1.11 bits per heavy atom. The number of nitrogens with two attached hydrogens (primary N) is 1. The minimum Gasteiger partial charge on any atom is -0.383 e. The molecule has 28 heavy (non-hydrogen) atoms. The van der Waals surface area contributed by atoms with Crippen LogP contribution in [0.4, 0.5) is 34.6 Å². The molecule has 3 aromatic rings. The fraction of sp³-hybridized carbons (Fsp3) is 0.100. The summed E-state index contributed by atoms with van der Waals surface area (Å²) in [6.07, 6.45) is 0. The summed E-state index contributed by atoms with van der Waals surface area (Å²) in [7, 11) is 0. The summed E-state index contributed by atoms with van der Waals surface area (Å²) in [6.45, 7) is 10.9. The van der Waals surface area contributed by atoms with Crippen molar-refractivity contribution in [3.63, 3.8) is 0 Å². The Morgan fingerprint density at radius 3 is 2.32 bits per heavy atom. The first-order valence-electron chi connectivity index (χ1n) is 8.27. The van der Waals surface area contributed by atoms with E-state index in [4.69, 9.17) is 17.6 Å². The first kappa shape index (κ1) is 19.2. The molecule has 0 bridgehead atoms. The minimum atomic E-state index is 0.279. The number of nitrogen functional groups attached to an aromatic ring is 1. The fourth-order valence-electron chi connectivity index (χ4n) is 2.70. The number of hydrogen-bond donors (Lipinski definition) is 3. The van der Waals surface area contributed by atoms with Crippen LogP contribution in [0.5, 0.6) is 0 Å². The van der Waals surface area contributed by atoms with Crippen molar-refractivity contribution in [2.24, 2.45) is 0 Å². The van der Waals surface area contributed by atoms with Gasteiger partial charge < -0.3 is 16.4 Å². The Balaban J connectivity index is 1.94. The number of anilines is 5. The first-order valence-corrected chi connectivity index (χ1v) is 9.06. The Morgan fingerprint density at radius 2 is 1.75 bits per heavy atom. The SMILES string of the molecule is [C-]#[N+]c1ccc(Nc2nc(N)c(Br)c(Nc3c(C)cc(C#N)cc3C)n2)cc1. The van der Waals surface area contributed by atoms with Gasteiger partial charge in [-0.05, 0) is 65.2 Å². The molecule has 2 aromatic carbocycles. The molecule has 0 atom stereocenters. The van der Waals surface area contributed by atoms with E-state index in [1.165, 1.54) is 0 Å². The molecule has 0 amide bonds. The Kier molecular flexibility index (Phi) is 5.44. The molecule has 0 unspecified atom stereocenters. The smallest absolute Gasteiger partial charge is 0.231 e. The molecule has 1 aromatic heterocycles. The monoisotopic (exact) mass is 433 g/mol. The zero-order valence-electron chi connectivity index (χ0n) is 15.2. The number of hydrogen-bond acceptors (Lipinski definition) is 6. The second-order valence-electron chi connectivity index (χ2n) is 6.10. The second-order valence-corrected chi connectivity index (χ2v) is 6.89. The van der Waals surface area contributed by atoms with Gasteiger partial charge in [-0.3, -0.25) is 0 Å². The van der Waals surface area contributed by atoms with Crippen LogP contribution in [0.1, 0.15) is 16.7 Å². The lowest BCUT2D eigenvalue weighted by Gasteiger charge is -2.16. The van der Waals surface area contributed by atoms with Crippen LogP contribution in [-0.2, 0) is 0 Å². The lowest BCUT2D eigenvalue weighted by atomic mass is 10.0. The molecule has 0 spiro atoms. The van der Waals surface area contributed by atoms with Gasteiger partial charge in [0, 0.05) is 11.4 Å². The van der Waals surface area contributed by atoms with E-state index in [2.05, 4.69) is 47.4 Å². The third-order valence-corrected chi connectivity index (χ3v) is 4.82. The summed E-state index contributed by atoms with van der Waals surface area (Å²) in [5.74, 6) is 1.10. The highest BCUT2D eigenvalue weighted by Crippen LogP contribution is 2.33. The lowest BCUT2D eigenvalue weighted by molar-refractivity contribution is 1.16. The van der Waals surface area contributed by atoms with E-state index in [0.717, 1.165) is 22.5 Å². The molecule has 0 saturated carbocycles. The number of aromatic nitrogens is 2. The number of benzene rings is 2. The summed E-state index contributed by atoms with van der Waals surface area (Å²) < 4.78 is 0.546. The molecule has 4 N–H and O–H groups in total. The van der Waals surface area contributed by atoms with Crippen LogP contribution in [0.2, 0.25) is 0 Å². The van der Waals surface area contributed by atoms with Gasteiger partial charge in [0.05, 0.1) is 18.2 Å². The maximum Gasteiger partial charge on any atom is 0.231 e. The van der Waals surface area contributed by atoms with Crippen LogP contribution in [-0.4, -0.2) is 9.97 Å². The van der Waals surface area contributed by atoms with Crippen molar-refractivity contribution in [3.05, 3.63) is 69.0 Å². The van der Waals surface area contributed by atoms with Gasteiger partial charge in [0.1, 0.15) is 10.3 Å². The van der Waals surface area contributed by atoms with Crippen molar-refractivity contribution >= 4 is 50.6 Å². The summed E-state index contributed by atoms with van der Waals surface area (Å²) in [5, 5.41) is 15.5. The van der Waals surface area contributed by atoms with Crippen LogP contribution in [0, 0.1) is 31.8 Å². The summed E-state index contributed by atoms with van der Waals surface area (Å²) in [5.41, 5.74) is 10.6. The molecule has 138 valence electrons. The fourth-order valence-corrected chi connectivity index (χ4v) is 2.97. The van der Waals surface area contributed by atoms with Gasteiger partial charge in [0.25, 0.3) is 0 Å². The van der Waals surface area contributed by atoms with Crippen LogP contribution >= 0.6 is 15.9 Å². The van der Waals surface area contributed by atoms with Crippen LogP contribution in [0.15, 0.2) is 40.9 Å². The van der Waals surface area contributed by atoms with Crippen molar-refractivity contribution in [1.82, 2.24) is 9.97 Å². The van der Waals surface area contributed by atoms with Gasteiger partial charge in [-0.15, -0.1) is 0 Å². The van der Waals surface area contributed by atoms with Crippen LogP contribution < -0.4 is 16.4 Å². The molecule has 8 heteroatoms. The summed E-state index contributed by atoms with van der Waals surface area (Å²) in [6, 6.07) is 12.7. The molecule has 1 heterocycles. The van der Waals surface area contributed by atoms with Crippen LogP contribution in [0.3, 0.4) is 0 Å². The zero-order chi connectivity index (χ0) is 20.3. The molecule has 3 rings (SSSR count). The number of aryl methyl sites for hydroxylation is 2. The predicted octanol–water partition coefficient (Wildman–Crippen LogP) is 5.35. The maximum atomic E-state index is 9.12. The van der Waals surface area contributed by atoms with E-state index in [1.54, 1.807) is 24.3 Å². The second kappa shape index (κ2) is 7.95. The number of nitriles is 1. The minimum absolute atomic E-state index is 0.279.